The van der Waals surface area contributed by atoms with Crippen LogP contribution in [0.4, 0.5) is 0 Å². The van der Waals surface area contributed by atoms with Crippen LogP contribution in [0.2, 0.25) is 0 Å². The highest BCUT2D eigenvalue weighted by molar-refractivity contribution is 5.77. The van der Waals surface area contributed by atoms with Gasteiger partial charge in [-0.25, -0.2) is 0 Å². The number of hydrogen-bond acceptors (Lipinski definition) is 3. The van der Waals surface area contributed by atoms with Crippen molar-refractivity contribution in [2.45, 2.75) is 25.4 Å². The van der Waals surface area contributed by atoms with E-state index in [0.717, 1.165) is 19.5 Å². The Morgan fingerprint density at radius 2 is 2.27 bits per heavy atom. The van der Waals surface area contributed by atoms with Gasteiger partial charge in [-0.1, -0.05) is 0 Å². The molecule has 11 heavy (non-hydrogen) atoms. The van der Waals surface area contributed by atoms with E-state index in [1.807, 2.05) is 4.90 Å². The maximum absolute atomic E-state index is 11.0. The van der Waals surface area contributed by atoms with Gasteiger partial charge in [-0.3, -0.25) is 4.79 Å². The monoisotopic (exact) mass is 157 g/mol. The number of carbonyl (C=O) groups is 1. The first-order chi connectivity index (χ1) is 5.20. The van der Waals surface area contributed by atoms with E-state index in [1.54, 1.807) is 0 Å². The number of nitrogens with zero attached hydrogens (tertiary/aromatic N) is 1. The van der Waals surface area contributed by atoms with Crippen molar-refractivity contribution in [2.75, 3.05) is 13.1 Å². The second-order valence-corrected chi connectivity index (χ2v) is 2.94. The Morgan fingerprint density at radius 3 is 2.73 bits per heavy atom. The summed E-state index contributed by atoms with van der Waals surface area (Å²) in [6.45, 7) is 1.60. The summed E-state index contributed by atoms with van der Waals surface area (Å²) in [4.78, 5) is 12.9. The van der Waals surface area contributed by atoms with Gasteiger partial charge in [0.05, 0.1) is 6.17 Å². The van der Waals surface area contributed by atoms with Gasteiger partial charge in [0, 0.05) is 19.5 Å². The van der Waals surface area contributed by atoms with E-state index in [2.05, 4.69) is 0 Å². The van der Waals surface area contributed by atoms with E-state index in [4.69, 9.17) is 11.5 Å². The van der Waals surface area contributed by atoms with Crippen molar-refractivity contribution in [2.24, 2.45) is 11.5 Å². The van der Waals surface area contributed by atoms with E-state index in [1.165, 1.54) is 0 Å². The van der Waals surface area contributed by atoms with Crippen molar-refractivity contribution in [1.82, 2.24) is 4.90 Å². The van der Waals surface area contributed by atoms with Gasteiger partial charge in [-0.2, -0.15) is 0 Å². The summed E-state index contributed by atoms with van der Waals surface area (Å²) in [5.74, 6) is 0.241. The molecule has 0 aromatic rings. The SMILES string of the molecule is NC(N)CCN1CCCC1=O. The van der Waals surface area contributed by atoms with Crippen LogP contribution in [0, 0.1) is 0 Å². The van der Waals surface area contributed by atoms with Gasteiger partial charge < -0.3 is 16.4 Å². The lowest BCUT2D eigenvalue weighted by Gasteiger charge is -2.16. The molecule has 1 amide bonds. The molecule has 0 saturated carbocycles. The van der Waals surface area contributed by atoms with Crippen molar-refractivity contribution in [3.8, 4) is 0 Å². The number of nitrogens with two attached hydrogens (primary N) is 2. The molecule has 1 fully saturated rings. The van der Waals surface area contributed by atoms with E-state index in [0.29, 0.717) is 12.8 Å². The van der Waals surface area contributed by atoms with Gasteiger partial charge in [0.15, 0.2) is 0 Å². The number of likely N-dealkylation sites (tertiary alicyclic amines) is 1. The Bertz CT molecular complexity index is 147. The first-order valence-electron chi connectivity index (χ1n) is 3.99. The van der Waals surface area contributed by atoms with Crippen LogP contribution in [0.3, 0.4) is 0 Å². The molecule has 0 aromatic heterocycles. The Hall–Kier alpha value is -0.610. The maximum atomic E-state index is 11.0. The topological polar surface area (TPSA) is 72.3 Å². The highest BCUT2D eigenvalue weighted by Gasteiger charge is 2.19. The number of hydrogen-bond donors (Lipinski definition) is 2. The molecule has 4 nitrogen and oxygen atoms in total. The highest BCUT2D eigenvalue weighted by Crippen LogP contribution is 2.09. The molecule has 4 N–H and O–H groups in total. The molecule has 0 atom stereocenters. The van der Waals surface area contributed by atoms with Crippen LogP contribution in [0.5, 0.6) is 0 Å². The zero-order valence-electron chi connectivity index (χ0n) is 6.62. The third-order valence-electron chi connectivity index (χ3n) is 1.90. The molecule has 1 saturated heterocycles. The van der Waals surface area contributed by atoms with Crippen LogP contribution in [0.1, 0.15) is 19.3 Å². The number of rotatable bonds is 3. The molecule has 64 valence electrons. The minimum Gasteiger partial charge on any atom is -0.343 e. The lowest BCUT2D eigenvalue weighted by molar-refractivity contribution is -0.127. The maximum Gasteiger partial charge on any atom is 0.222 e. The van der Waals surface area contributed by atoms with E-state index >= 15 is 0 Å². The standard InChI is InChI=1S/C7H15N3O/c8-6(9)3-5-10-4-1-2-7(10)11/h6H,1-5,8-9H2. The zero-order chi connectivity index (χ0) is 8.27. The van der Waals surface area contributed by atoms with E-state index in [9.17, 15) is 4.79 Å². The highest BCUT2D eigenvalue weighted by atomic mass is 16.2. The molecule has 1 aliphatic heterocycles. The third kappa shape index (κ3) is 2.48. The predicted octanol–water partition coefficient (Wildman–Crippen LogP) is -0.758. The summed E-state index contributed by atoms with van der Waals surface area (Å²) < 4.78 is 0. The smallest absolute Gasteiger partial charge is 0.222 e. The van der Waals surface area contributed by atoms with Gasteiger partial charge in [0.2, 0.25) is 5.91 Å². The molecule has 0 bridgehead atoms. The van der Waals surface area contributed by atoms with Gasteiger partial charge in [0.25, 0.3) is 0 Å². The summed E-state index contributed by atoms with van der Waals surface area (Å²) in [5, 5.41) is 0. The fraction of sp³-hybridized carbons (Fsp3) is 0.857. The molecule has 0 unspecified atom stereocenters. The molecule has 4 heteroatoms. The van der Waals surface area contributed by atoms with Crippen molar-refractivity contribution in [3.63, 3.8) is 0 Å². The van der Waals surface area contributed by atoms with E-state index < -0.39 is 0 Å². The zero-order valence-corrected chi connectivity index (χ0v) is 6.62. The molecule has 1 heterocycles. The van der Waals surface area contributed by atoms with Crippen LogP contribution >= 0.6 is 0 Å². The minimum atomic E-state index is -0.289. The number of amides is 1. The van der Waals surface area contributed by atoms with Crippen LogP contribution in [-0.4, -0.2) is 30.1 Å². The summed E-state index contributed by atoms with van der Waals surface area (Å²) >= 11 is 0. The summed E-state index contributed by atoms with van der Waals surface area (Å²) in [7, 11) is 0. The Morgan fingerprint density at radius 1 is 1.55 bits per heavy atom. The quantitative estimate of drug-likeness (QED) is 0.529. The molecule has 1 aliphatic rings. The molecule has 0 radical (unpaired) electrons. The van der Waals surface area contributed by atoms with Crippen LogP contribution in [0.25, 0.3) is 0 Å². The van der Waals surface area contributed by atoms with E-state index in [-0.39, 0.29) is 12.1 Å². The van der Waals surface area contributed by atoms with Crippen LogP contribution < -0.4 is 11.5 Å². The second kappa shape index (κ2) is 3.69. The normalized spacial score (nSPS) is 18.5. The molecule has 0 aliphatic carbocycles. The first kappa shape index (κ1) is 8.49. The summed E-state index contributed by atoms with van der Waals surface area (Å²) in [6, 6.07) is 0. The van der Waals surface area contributed by atoms with Crippen molar-refractivity contribution in [3.05, 3.63) is 0 Å². The minimum absolute atomic E-state index is 0.241. The molecule has 0 aromatic carbocycles. The second-order valence-electron chi connectivity index (χ2n) is 2.94. The summed E-state index contributed by atoms with van der Waals surface area (Å²) in [5.41, 5.74) is 10.7. The third-order valence-corrected chi connectivity index (χ3v) is 1.90. The predicted molar refractivity (Wildman–Crippen MR) is 42.6 cm³/mol. The van der Waals surface area contributed by atoms with Crippen LogP contribution in [-0.2, 0) is 4.79 Å². The average Bonchev–Trinajstić information content (AvgIpc) is 2.31. The molecular formula is C7H15N3O. The summed E-state index contributed by atoms with van der Waals surface area (Å²) in [6.07, 6.45) is 2.09. The van der Waals surface area contributed by atoms with Gasteiger partial charge in [-0.05, 0) is 12.8 Å². The van der Waals surface area contributed by atoms with Gasteiger partial charge in [-0.15, -0.1) is 0 Å². The van der Waals surface area contributed by atoms with Crippen LogP contribution in [0.15, 0.2) is 0 Å². The lowest BCUT2D eigenvalue weighted by atomic mass is 10.3. The fourth-order valence-electron chi connectivity index (χ4n) is 1.25. The van der Waals surface area contributed by atoms with Crippen molar-refractivity contribution >= 4 is 5.91 Å². The first-order valence-corrected chi connectivity index (χ1v) is 3.99. The Labute approximate surface area is 66.5 Å². The average molecular weight is 157 g/mol. The van der Waals surface area contributed by atoms with Gasteiger partial charge in [0.1, 0.15) is 0 Å². The molecular weight excluding hydrogens is 142 g/mol. The largest absolute Gasteiger partial charge is 0.343 e. The number of carbonyl (C=O) groups excluding carboxylic acids is 1. The van der Waals surface area contributed by atoms with Crippen molar-refractivity contribution in [1.29, 1.82) is 0 Å². The van der Waals surface area contributed by atoms with Gasteiger partial charge >= 0.3 is 0 Å². The fourth-order valence-corrected chi connectivity index (χ4v) is 1.25. The lowest BCUT2D eigenvalue weighted by Crippen LogP contribution is -2.36. The Kier molecular flexibility index (Phi) is 2.84. The molecule has 1 rings (SSSR count). The Balaban J connectivity index is 2.20. The van der Waals surface area contributed by atoms with Crippen molar-refractivity contribution < 1.29 is 4.79 Å². The molecule has 0 spiro atoms.